The molecule has 3 saturated heterocycles. The maximum absolute atomic E-state index is 12.9. The summed E-state index contributed by atoms with van der Waals surface area (Å²) >= 11 is 1.73. The van der Waals surface area contributed by atoms with Crippen LogP contribution < -0.4 is 5.32 Å². The lowest BCUT2D eigenvalue weighted by Crippen LogP contribution is -2.50. The van der Waals surface area contributed by atoms with Crippen molar-refractivity contribution in [3.63, 3.8) is 0 Å². The van der Waals surface area contributed by atoms with E-state index in [1.165, 1.54) is 12.8 Å². The Balaban J connectivity index is 0.00000156. The standard InChI is InChI=1S/C16H25N3O2S.ClH/c20-15(11-3-1-2-4-11)19-10-22-9-14(19)16(21)18-7-12-5-17-6-13(12)8-18;/h11-14,17H,1-10H2;1H/t12-,13+,14?;. The van der Waals surface area contributed by atoms with Crippen molar-refractivity contribution in [2.45, 2.75) is 31.7 Å². The molecule has 0 aromatic rings. The van der Waals surface area contributed by atoms with E-state index >= 15 is 0 Å². The van der Waals surface area contributed by atoms with Crippen LogP contribution in [0.3, 0.4) is 0 Å². The normalized spacial score (nSPS) is 33.8. The van der Waals surface area contributed by atoms with Crippen LogP contribution in [0.5, 0.6) is 0 Å². The highest BCUT2D eigenvalue weighted by atomic mass is 35.5. The largest absolute Gasteiger partial charge is 0.340 e. The summed E-state index contributed by atoms with van der Waals surface area (Å²) in [4.78, 5) is 29.5. The van der Waals surface area contributed by atoms with Crippen LogP contribution in [0, 0.1) is 17.8 Å². The van der Waals surface area contributed by atoms with E-state index in [2.05, 4.69) is 5.32 Å². The Labute approximate surface area is 148 Å². The van der Waals surface area contributed by atoms with Crippen LogP contribution in [0.15, 0.2) is 0 Å². The predicted molar refractivity (Wildman–Crippen MR) is 93.6 cm³/mol. The van der Waals surface area contributed by atoms with Gasteiger partial charge in [0.05, 0.1) is 5.88 Å². The maximum atomic E-state index is 12.9. The van der Waals surface area contributed by atoms with Gasteiger partial charge in [0.15, 0.2) is 0 Å². The van der Waals surface area contributed by atoms with Crippen LogP contribution >= 0.6 is 24.2 Å². The highest BCUT2D eigenvalue weighted by Crippen LogP contribution is 2.33. The first-order chi connectivity index (χ1) is 10.7. The zero-order valence-corrected chi connectivity index (χ0v) is 15.0. The number of nitrogens with one attached hydrogen (secondary N) is 1. The average Bonchev–Trinajstić information content (AvgIpc) is 3.28. The van der Waals surface area contributed by atoms with Gasteiger partial charge in [-0.1, -0.05) is 12.8 Å². The lowest BCUT2D eigenvalue weighted by Gasteiger charge is -2.29. The number of carbonyl (C=O) groups excluding carboxylic acids is 2. The van der Waals surface area contributed by atoms with Gasteiger partial charge in [-0.3, -0.25) is 9.59 Å². The van der Waals surface area contributed by atoms with Crippen molar-refractivity contribution in [2.24, 2.45) is 17.8 Å². The van der Waals surface area contributed by atoms with Crippen LogP contribution in [0.4, 0.5) is 0 Å². The molecule has 4 aliphatic rings. The second-order valence-electron chi connectivity index (χ2n) is 7.23. The van der Waals surface area contributed by atoms with Gasteiger partial charge in [-0.15, -0.1) is 24.2 Å². The first-order valence-electron chi connectivity index (χ1n) is 8.62. The van der Waals surface area contributed by atoms with Crippen molar-refractivity contribution in [3.05, 3.63) is 0 Å². The Bertz CT molecular complexity index is 460. The van der Waals surface area contributed by atoms with E-state index < -0.39 is 0 Å². The summed E-state index contributed by atoms with van der Waals surface area (Å²) < 4.78 is 0. The molecule has 0 aromatic heterocycles. The van der Waals surface area contributed by atoms with Gasteiger partial charge >= 0.3 is 0 Å². The number of carbonyl (C=O) groups is 2. The Morgan fingerprint density at radius 2 is 1.65 bits per heavy atom. The van der Waals surface area contributed by atoms with E-state index in [1.807, 2.05) is 9.80 Å². The molecule has 130 valence electrons. The Morgan fingerprint density at radius 3 is 2.30 bits per heavy atom. The Kier molecular flexibility index (Phi) is 5.43. The van der Waals surface area contributed by atoms with E-state index in [0.29, 0.717) is 17.7 Å². The molecule has 0 bridgehead atoms. The smallest absolute Gasteiger partial charge is 0.246 e. The number of rotatable bonds is 2. The Hall–Kier alpha value is -0.460. The molecule has 1 aliphatic carbocycles. The van der Waals surface area contributed by atoms with E-state index in [9.17, 15) is 9.59 Å². The first-order valence-corrected chi connectivity index (χ1v) is 9.77. The molecule has 1 saturated carbocycles. The molecular weight excluding hydrogens is 334 g/mol. The second kappa shape index (κ2) is 7.19. The molecule has 1 unspecified atom stereocenters. The fourth-order valence-corrected chi connectivity index (χ4v) is 5.67. The summed E-state index contributed by atoms with van der Waals surface area (Å²) in [7, 11) is 0. The molecule has 0 radical (unpaired) electrons. The first kappa shape index (κ1) is 17.4. The molecule has 0 aromatic carbocycles. The van der Waals surface area contributed by atoms with Crippen LogP contribution in [-0.4, -0.2) is 65.5 Å². The fourth-order valence-electron chi connectivity index (χ4n) is 4.52. The van der Waals surface area contributed by atoms with Crippen molar-refractivity contribution in [1.82, 2.24) is 15.1 Å². The van der Waals surface area contributed by atoms with Crippen LogP contribution in [-0.2, 0) is 9.59 Å². The van der Waals surface area contributed by atoms with Gasteiger partial charge in [0, 0.05) is 37.8 Å². The van der Waals surface area contributed by atoms with Crippen molar-refractivity contribution in [1.29, 1.82) is 0 Å². The van der Waals surface area contributed by atoms with Gasteiger partial charge in [0.2, 0.25) is 11.8 Å². The molecule has 2 amide bonds. The number of nitrogens with zero attached hydrogens (tertiary/aromatic N) is 2. The summed E-state index contributed by atoms with van der Waals surface area (Å²) in [5, 5.41) is 3.41. The predicted octanol–water partition coefficient (Wildman–Crippen LogP) is 1.18. The number of amides is 2. The summed E-state index contributed by atoms with van der Waals surface area (Å²) in [5.74, 6) is 3.34. The lowest BCUT2D eigenvalue weighted by molar-refractivity contribution is -0.145. The van der Waals surface area contributed by atoms with Gasteiger partial charge < -0.3 is 15.1 Å². The van der Waals surface area contributed by atoms with Gasteiger partial charge in [-0.25, -0.2) is 0 Å². The van der Waals surface area contributed by atoms with E-state index in [1.54, 1.807) is 11.8 Å². The zero-order chi connectivity index (χ0) is 15.1. The molecule has 1 N–H and O–H groups in total. The minimum absolute atomic E-state index is 0. The quantitative estimate of drug-likeness (QED) is 0.804. The summed E-state index contributed by atoms with van der Waals surface area (Å²) in [6.07, 6.45) is 4.36. The van der Waals surface area contributed by atoms with Crippen LogP contribution in [0.25, 0.3) is 0 Å². The highest BCUT2D eigenvalue weighted by Gasteiger charge is 2.44. The van der Waals surface area contributed by atoms with E-state index in [0.717, 1.165) is 44.8 Å². The highest BCUT2D eigenvalue weighted by molar-refractivity contribution is 7.99. The number of hydrogen-bond donors (Lipinski definition) is 1. The molecule has 4 rings (SSSR count). The molecule has 5 nitrogen and oxygen atoms in total. The van der Waals surface area contributed by atoms with E-state index in [-0.39, 0.29) is 36.2 Å². The van der Waals surface area contributed by atoms with Gasteiger partial charge in [0.1, 0.15) is 6.04 Å². The molecular formula is C16H26ClN3O2S. The third-order valence-electron chi connectivity index (χ3n) is 5.86. The molecule has 23 heavy (non-hydrogen) atoms. The van der Waals surface area contributed by atoms with Crippen molar-refractivity contribution in [2.75, 3.05) is 37.8 Å². The number of likely N-dealkylation sites (tertiary alicyclic amines) is 1. The number of thioether (sulfide) groups is 1. The maximum Gasteiger partial charge on any atom is 0.246 e. The fraction of sp³-hybridized carbons (Fsp3) is 0.875. The van der Waals surface area contributed by atoms with Gasteiger partial charge in [-0.2, -0.15) is 0 Å². The number of halogens is 1. The SMILES string of the molecule is Cl.O=C(C1CSCN1C(=O)C1CCCC1)N1C[C@H]2CNC[C@H]2C1. The molecule has 3 aliphatic heterocycles. The monoisotopic (exact) mass is 359 g/mol. The number of hydrogen-bond acceptors (Lipinski definition) is 4. The minimum atomic E-state index is -0.204. The minimum Gasteiger partial charge on any atom is -0.340 e. The van der Waals surface area contributed by atoms with E-state index in [4.69, 9.17) is 0 Å². The summed E-state index contributed by atoms with van der Waals surface area (Å²) in [5.41, 5.74) is 0. The summed E-state index contributed by atoms with van der Waals surface area (Å²) in [6, 6.07) is -0.204. The molecule has 7 heteroatoms. The topological polar surface area (TPSA) is 52.7 Å². The van der Waals surface area contributed by atoms with Gasteiger partial charge in [0.25, 0.3) is 0 Å². The second-order valence-corrected chi connectivity index (χ2v) is 8.23. The molecule has 3 heterocycles. The van der Waals surface area contributed by atoms with Crippen molar-refractivity contribution in [3.8, 4) is 0 Å². The Morgan fingerprint density at radius 1 is 1.00 bits per heavy atom. The third-order valence-corrected chi connectivity index (χ3v) is 6.87. The molecule has 0 spiro atoms. The third kappa shape index (κ3) is 3.22. The molecule has 3 atom stereocenters. The zero-order valence-electron chi connectivity index (χ0n) is 13.4. The number of fused-ring (bicyclic) bond motifs is 1. The van der Waals surface area contributed by atoms with Crippen molar-refractivity contribution >= 4 is 36.0 Å². The van der Waals surface area contributed by atoms with Gasteiger partial charge in [-0.05, 0) is 24.7 Å². The summed E-state index contributed by atoms with van der Waals surface area (Å²) in [6.45, 7) is 3.84. The lowest BCUT2D eigenvalue weighted by atomic mass is 10.0. The van der Waals surface area contributed by atoms with Crippen LogP contribution in [0.1, 0.15) is 25.7 Å². The molecule has 4 fully saturated rings. The van der Waals surface area contributed by atoms with Crippen LogP contribution in [0.2, 0.25) is 0 Å². The van der Waals surface area contributed by atoms with Crippen molar-refractivity contribution < 1.29 is 9.59 Å². The average molecular weight is 360 g/mol.